The lowest BCUT2D eigenvalue weighted by molar-refractivity contribution is -0.117. The first kappa shape index (κ1) is 12.5. The number of halogens is 1. The number of aromatic nitrogens is 1. The maximum absolute atomic E-state index is 11.8. The fraction of sp³-hybridized carbons (Fsp3) is 0.545. The average molecular weight is 273 g/mol. The summed E-state index contributed by atoms with van der Waals surface area (Å²) in [6.45, 7) is 3.90. The lowest BCUT2D eigenvalue weighted by atomic mass is 10.2. The van der Waals surface area contributed by atoms with E-state index < -0.39 is 0 Å². The van der Waals surface area contributed by atoms with Crippen molar-refractivity contribution in [1.82, 2.24) is 4.98 Å². The Labute approximate surface area is 109 Å². The van der Waals surface area contributed by atoms with Gasteiger partial charge < -0.3 is 0 Å². The van der Waals surface area contributed by atoms with E-state index >= 15 is 0 Å². The summed E-state index contributed by atoms with van der Waals surface area (Å²) < 4.78 is 0. The van der Waals surface area contributed by atoms with E-state index in [1.54, 1.807) is 11.8 Å². The van der Waals surface area contributed by atoms with Crippen molar-refractivity contribution in [2.24, 2.45) is 5.92 Å². The standard InChI is InChI=1S/C11H13ClN2O2S/c1-6-10(7(2)15)17-11(13-6)14-5-8(4-12)3-9(14)16/h8H,3-5H2,1-2H3. The molecule has 1 fully saturated rings. The highest BCUT2D eigenvalue weighted by atomic mass is 35.5. The molecule has 92 valence electrons. The van der Waals surface area contributed by atoms with Crippen molar-refractivity contribution in [3.8, 4) is 0 Å². The molecule has 0 aromatic carbocycles. The van der Waals surface area contributed by atoms with Crippen LogP contribution >= 0.6 is 22.9 Å². The van der Waals surface area contributed by atoms with Crippen molar-refractivity contribution < 1.29 is 9.59 Å². The number of anilines is 1. The van der Waals surface area contributed by atoms with Crippen LogP contribution in [0.1, 0.15) is 28.7 Å². The molecule has 0 saturated carbocycles. The minimum absolute atomic E-state index is 0.00760. The van der Waals surface area contributed by atoms with E-state index in [1.807, 2.05) is 0 Å². The van der Waals surface area contributed by atoms with Crippen LogP contribution in [0.15, 0.2) is 0 Å². The number of carbonyl (C=O) groups is 2. The minimum Gasteiger partial charge on any atom is -0.294 e. The Balaban J connectivity index is 2.26. The molecule has 0 N–H and O–H groups in total. The zero-order chi connectivity index (χ0) is 12.6. The Bertz CT molecular complexity index is 472. The van der Waals surface area contributed by atoms with Crippen molar-refractivity contribution in [2.75, 3.05) is 17.3 Å². The summed E-state index contributed by atoms with van der Waals surface area (Å²) in [6, 6.07) is 0. The molecule has 1 aromatic rings. The van der Waals surface area contributed by atoms with Crippen LogP contribution in [0.5, 0.6) is 0 Å². The second kappa shape index (κ2) is 4.74. The third-order valence-corrected chi connectivity index (χ3v) is 4.48. The van der Waals surface area contributed by atoms with Crippen LogP contribution in [0.2, 0.25) is 0 Å². The molecule has 0 aliphatic carbocycles. The number of alkyl halides is 1. The summed E-state index contributed by atoms with van der Waals surface area (Å²) in [5, 5.41) is 0.616. The molecule has 2 heterocycles. The molecule has 1 atom stereocenters. The first-order valence-corrected chi connectivity index (χ1v) is 6.72. The number of aryl methyl sites for hydroxylation is 1. The van der Waals surface area contributed by atoms with E-state index in [9.17, 15) is 9.59 Å². The number of Topliss-reactive ketones (excluding diaryl/α,β-unsaturated/α-hetero) is 1. The summed E-state index contributed by atoms with van der Waals surface area (Å²) in [7, 11) is 0. The fourth-order valence-electron chi connectivity index (χ4n) is 1.89. The van der Waals surface area contributed by atoms with Gasteiger partial charge in [-0.25, -0.2) is 4.98 Å². The Morgan fingerprint density at radius 2 is 2.35 bits per heavy atom. The number of carbonyl (C=O) groups excluding carboxylic acids is 2. The van der Waals surface area contributed by atoms with Crippen LogP contribution in [0, 0.1) is 12.8 Å². The quantitative estimate of drug-likeness (QED) is 0.626. The van der Waals surface area contributed by atoms with Crippen LogP contribution in [0.3, 0.4) is 0 Å². The van der Waals surface area contributed by atoms with Crippen molar-refractivity contribution in [3.05, 3.63) is 10.6 Å². The Kier molecular flexibility index (Phi) is 3.49. The van der Waals surface area contributed by atoms with Gasteiger partial charge >= 0.3 is 0 Å². The summed E-state index contributed by atoms with van der Waals surface area (Å²) in [5.74, 6) is 0.701. The zero-order valence-corrected chi connectivity index (χ0v) is 11.3. The second-order valence-corrected chi connectivity index (χ2v) is 5.48. The number of hydrogen-bond acceptors (Lipinski definition) is 4. The predicted octanol–water partition coefficient (Wildman–Crippen LogP) is 2.25. The smallest absolute Gasteiger partial charge is 0.229 e. The lowest BCUT2D eigenvalue weighted by Gasteiger charge is -2.11. The second-order valence-electron chi connectivity index (χ2n) is 4.20. The van der Waals surface area contributed by atoms with Crippen molar-refractivity contribution in [3.63, 3.8) is 0 Å². The van der Waals surface area contributed by atoms with Crippen LogP contribution < -0.4 is 4.90 Å². The highest BCUT2D eigenvalue weighted by Crippen LogP contribution is 2.31. The van der Waals surface area contributed by atoms with Gasteiger partial charge in [0.1, 0.15) is 0 Å². The van der Waals surface area contributed by atoms with Gasteiger partial charge in [-0.05, 0) is 12.8 Å². The maximum Gasteiger partial charge on any atom is 0.229 e. The average Bonchev–Trinajstić information content (AvgIpc) is 2.81. The predicted molar refractivity (Wildman–Crippen MR) is 68.0 cm³/mol. The molecular weight excluding hydrogens is 260 g/mol. The first-order valence-electron chi connectivity index (χ1n) is 5.37. The number of thiazole rings is 1. The number of nitrogens with zero attached hydrogens (tertiary/aromatic N) is 2. The van der Waals surface area contributed by atoms with Crippen LogP contribution in [-0.2, 0) is 4.79 Å². The minimum atomic E-state index is -0.00760. The molecule has 6 heteroatoms. The third-order valence-electron chi connectivity index (χ3n) is 2.76. The number of rotatable bonds is 3. The molecule has 2 rings (SSSR count). The Hall–Kier alpha value is -0.940. The van der Waals surface area contributed by atoms with Gasteiger partial charge in [0.15, 0.2) is 10.9 Å². The molecule has 0 radical (unpaired) electrons. The van der Waals surface area contributed by atoms with E-state index in [4.69, 9.17) is 11.6 Å². The van der Waals surface area contributed by atoms with Crippen LogP contribution in [0.4, 0.5) is 5.13 Å². The van der Waals surface area contributed by atoms with Gasteiger partial charge in [0, 0.05) is 25.8 Å². The molecule has 1 saturated heterocycles. The molecule has 1 amide bonds. The highest BCUT2D eigenvalue weighted by molar-refractivity contribution is 7.17. The lowest BCUT2D eigenvalue weighted by Crippen LogP contribution is -2.24. The molecular formula is C11H13ClN2O2S. The van der Waals surface area contributed by atoms with E-state index in [-0.39, 0.29) is 17.6 Å². The van der Waals surface area contributed by atoms with E-state index in [2.05, 4.69) is 4.98 Å². The zero-order valence-electron chi connectivity index (χ0n) is 9.70. The van der Waals surface area contributed by atoms with Gasteiger partial charge in [0.2, 0.25) is 5.91 Å². The maximum atomic E-state index is 11.8. The fourth-order valence-corrected chi connectivity index (χ4v) is 3.09. The number of hydrogen-bond donors (Lipinski definition) is 0. The summed E-state index contributed by atoms with van der Waals surface area (Å²) in [5.41, 5.74) is 0.694. The molecule has 1 aliphatic rings. The van der Waals surface area contributed by atoms with Gasteiger partial charge in [-0.15, -0.1) is 11.6 Å². The number of ketones is 1. The molecule has 1 unspecified atom stereocenters. The molecule has 4 nitrogen and oxygen atoms in total. The molecule has 0 spiro atoms. The van der Waals surface area contributed by atoms with Crippen molar-refractivity contribution >= 4 is 39.8 Å². The van der Waals surface area contributed by atoms with Gasteiger partial charge in [-0.2, -0.15) is 0 Å². The Morgan fingerprint density at radius 1 is 1.65 bits per heavy atom. The molecule has 0 bridgehead atoms. The first-order chi connectivity index (χ1) is 8.02. The topological polar surface area (TPSA) is 50.3 Å². The van der Waals surface area contributed by atoms with E-state index in [1.165, 1.54) is 18.3 Å². The van der Waals surface area contributed by atoms with Crippen molar-refractivity contribution in [2.45, 2.75) is 20.3 Å². The molecule has 1 aromatic heterocycles. The Morgan fingerprint density at radius 3 is 2.82 bits per heavy atom. The molecule has 1 aliphatic heterocycles. The SMILES string of the molecule is CC(=O)c1sc(N2CC(CCl)CC2=O)nc1C. The summed E-state index contributed by atoms with van der Waals surface area (Å²) in [6.07, 6.45) is 0.470. The van der Waals surface area contributed by atoms with Crippen LogP contribution in [0.25, 0.3) is 0 Å². The van der Waals surface area contributed by atoms with Crippen molar-refractivity contribution in [1.29, 1.82) is 0 Å². The monoisotopic (exact) mass is 272 g/mol. The van der Waals surface area contributed by atoms with Crippen LogP contribution in [-0.4, -0.2) is 29.1 Å². The van der Waals surface area contributed by atoms with Gasteiger partial charge in [0.25, 0.3) is 0 Å². The summed E-state index contributed by atoms with van der Waals surface area (Å²) in [4.78, 5) is 29.7. The summed E-state index contributed by atoms with van der Waals surface area (Å²) >= 11 is 7.05. The highest BCUT2D eigenvalue weighted by Gasteiger charge is 2.32. The third kappa shape index (κ3) is 2.35. The van der Waals surface area contributed by atoms with E-state index in [0.717, 1.165) is 0 Å². The molecule has 17 heavy (non-hydrogen) atoms. The normalized spacial score (nSPS) is 20.1. The number of amides is 1. The van der Waals surface area contributed by atoms with Gasteiger partial charge in [0.05, 0.1) is 10.6 Å². The van der Waals surface area contributed by atoms with Gasteiger partial charge in [-0.1, -0.05) is 11.3 Å². The largest absolute Gasteiger partial charge is 0.294 e. The van der Waals surface area contributed by atoms with Gasteiger partial charge in [-0.3, -0.25) is 14.5 Å². The van der Waals surface area contributed by atoms with E-state index in [0.29, 0.717) is 34.5 Å².